The second-order valence-corrected chi connectivity index (χ2v) is 6.75. The summed E-state index contributed by atoms with van der Waals surface area (Å²) in [5.74, 6) is -0.0428. The summed E-state index contributed by atoms with van der Waals surface area (Å²) in [5, 5.41) is 9.13. The number of sulfonamides is 1. The number of aliphatic hydroxyl groups excluding tert-OH is 1. The lowest BCUT2D eigenvalue weighted by Gasteiger charge is -2.38. The van der Waals surface area contributed by atoms with Gasteiger partial charge in [0.2, 0.25) is 15.9 Å². The van der Waals surface area contributed by atoms with Gasteiger partial charge in [0.25, 0.3) is 0 Å². The highest BCUT2D eigenvalue weighted by Gasteiger charge is 2.34. The molecule has 2 N–H and O–H groups in total. The molecule has 0 aromatic heterocycles. The van der Waals surface area contributed by atoms with Crippen LogP contribution in [0.15, 0.2) is 0 Å². The van der Waals surface area contributed by atoms with E-state index in [-0.39, 0.29) is 11.8 Å². The van der Waals surface area contributed by atoms with Crippen LogP contribution in [0.2, 0.25) is 0 Å². The third-order valence-corrected chi connectivity index (χ3v) is 3.25. The second kappa shape index (κ2) is 5.32. The number of hydrogen-bond acceptors (Lipinski definition) is 4. The number of aliphatic hydroxyl groups is 1. The quantitative estimate of drug-likeness (QED) is 0.677. The van der Waals surface area contributed by atoms with Gasteiger partial charge in [0.15, 0.2) is 0 Å². The molecule has 1 amide bonds. The first-order valence-electron chi connectivity index (χ1n) is 5.63. The molecule has 0 saturated carbocycles. The van der Waals surface area contributed by atoms with Crippen LogP contribution in [0.1, 0.15) is 20.3 Å². The van der Waals surface area contributed by atoms with Gasteiger partial charge in [-0.15, -0.1) is 0 Å². The van der Waals surface area contributed by atoms with E-state index in [9.17, 15) is 13.2 Å². The topological polar surface area (TPSA) is 86.7 Å². The van der Waals surface area contributed by atoms with E-state index in [1.165, 1.54) is 4.90 Å². The van der Waals surface area contributed by atoms with Crippen LogP contribution in [0.5, 0.6) is 0 Å². The predicted octanol–water partition coefficient (Wildman–Crippen LogP) is -0.847. The number of rotatable bonds is 5. The van der Waals surface area contributed by atoms with E-state index in [2.05, 4.69) is 4.72 Å². The van der Waals surface area contributed by atoms with Crippen molar-refractivity contribution in [3.05, 3.63) is 0 Å². The lowest BCUT2D eigenvalue weighted by molar-refractivity contribution is -0.143. The maximum Gasteiger partial charge on any atom is 0.240 e. The number of nitrogens with zero attached hydrogens (tertiary/aromatic N) is 1. The maximum atomic E-state index is 12.0. The molecule has 0 aromatic rings. The first-order valence-corrected chi connectivity index (χ1v) is 7.52. The summed E-state index contributed by atoms with van der Waals surface area (Å²) in [5.41, 5.74) is 0. The Kier molecular flexibility index (Phi) is 4.51. The zero-order chi connectivity index (χ0) is 13.2. The summed E-state index contributed by atoms with van der Waals surface area (Å²) in [6, 6.07) is -0.725. The smallest absolute Gasteiger partial charge is 0.240 e. The number of nitrogens with one attached hydrogen (secondary N) is 1. The molecule has 0 spiro atoms. The van der Waals surface area contributed by atoms with Crippen LogP contribution < -0.4 is 4.72 Å². The van der Waals surface area contributed by atoms with E-state index >= 15 is 0 Å². The fourth-order valence-corrected chi connectivity index (χ4v) is 2.50. The van der Waals surface area contributed by atoms with Crippen molar-refractivity contribution in [2.75, 3.05) is 19.3 Å². The summed E-state index contributed by atoms with van der Waals surface area (Å²) in [6.07, 6.45) is 1.02. The minimum absolute atomic E-state index is 0.212. The number of likely N-dealkylation sites (tertiary alicyclic amines) is 1. The Bertz CT molecular complexity index is 374. The van der Waals surface area contributed by atoms with E-state index in [1.807, 2.05) is 13.8 Å². The molecule has 0 radical (unpaired) electrons. The second-order valence-electron chi connectivity index (χ2n) is 4.97. The third kappa shape index (κ3) is 4.61. The van der Waals surface area contributed by atoms with Crippen LogP contribution in [-0.2, 0) is 14.8 Å². The number of β-amino-alcohol motifs (C(OH)–C–C–N with tert-alkyl or cyclic N) is 1. The highest BCUT2D eigenvalue weighted by atomic mass is 32.2. The Morgan fingerprint density at radius 3 is 2.35 bits per heavy atom. The fraction of sp³-hybridized carbons (Fsp3) is 0.900. The van der Waals surface area contributed by atoms with E-state index < -0.39 is 22.2 Å². The molecule has 1 saturated heterocycles. The molecule has 0 bridgehead atoms. The van der Waals surface area contributed by atoms with Crippen molar-refractivity contribution < 1.29 is 18.3 Å². The molecule has 7 heteroatoms. The van der Waals surface area contributed by atoms with Crippen molar-refractivity contribution in [3.8, 4) is 0 Å². The average molecular weight is 264 g/mol. The van der Waals surface area contributed by atoms with Crippen LogP contribution in [0.25, 0.3) is 0 Å². The Balaban J connectivity index is 2.65. The van der Waals surface area contributed by atoms with E-state index in [1.54, 1.807) is 0 Å². The minimum atomic E-state index is -3.41. The van der Waals surface area contributed by atoms with Gasteiger partial charge in [0.1, 0.15) is 6.04 Å². The van der Waals surface area contributed by atoms with Gasteiger partial charge in [0, 0.05) is 13.1 Å². The first-order chi connectivity index (χ1) is 7.69. The zero-order valence-corrected chi connectivity index (χ0v) is 11.2. The summed E-state index contributed by atoms with van der Waals surface area (Å²) >= 11 is 0. The Morgan fingerprint density at radius 1 is 1.47 bits per heavy atom. The number of carbonyl (C=O) groups excluding carboxylic acids is 1. The van der Waals surface area contributed by atoms with Crippen molar-refractivity contribution in [2.24, 2.45) is 5.92 Å². The number of amides is 1. The summed E-state index contributed by atoms with van der Waals surface area (Å²) < 4.78 is 24.7. The van der Waals surface area contributed by atoms with Gasteiger partial charge in [-0.3, -0.25) is 4.79 Å². The van der Waals surface area contributed by atoms with Gasteiger partial charge in [-0.05, 0) is 12.3 Å². The molecule has 1 fully saturated rings. The summed E-state index contributed by atoms with van der Waals surface area (Å²) in [6.45, 7) is 4.43. The van der Waals surface area contributed by atoms with Crippen LogP contribution in [0.3, 0.4) is 0 Å². The molecule has 1 atom stereocenters. The van der Waals surface area contributed by atoms with E-state index in [0.29, 0.717) is 19.5 Å². The van der Waals surface area contributed by atoms with Crippen molar-refractivity contribution in [3.63, 3.8) is 0 Å². The number of hydrogen-bond donors (Lipinski definition) is 2. The summed E-state index contributed by atoms with van der Waals surface area (Å²) in [4.78, 5) is 13.4. The standard InChI is InChI=1S/C10H20N2O4S/c1-7(2)4-9(11-17(3,15)16)10(14)12-5-8(13)6-12/h7-9,11,13H,4-6H2,1-3H3. The highest BCUT2D eigenvalue weighted by Crippen LogP contribution is 2.14. The van der Waals surface area contributed by atoms with Crippen molar-refractivity contribution in [1.29, 1.82) is 0 Å². The largest absolute Gasteiger partial charge is 0.389 e. The van der Waals surface area contributed by atoms with Crippen molar-refractivity contribution >= 4 is 15.9 Å². The van der Waals surface area contributed by atoms with Gasteiger partial charge in [0.05, 0.1) is 12.4 Å². The Morgan fingerprint density at radius 2 is 2.00 bits per heavy atom. The molecule has 1 aliphatic heterocycles. The normalized spacial score (nSPS) is 19.2. The van der Waals surface area contributed by atoms with Crippen LogP contribution >= 0.6 is 0 Å². The fourth-order valence-electron chi connectivity index (χ4n) is 1.78. The van der Waals surface area contributed by atoms with Crippen LogP contribution in [-0.4, -0.2) is 55.8 Å². The molecule has 1 aliphatic rings. The molecular formula is C10H20N2O4S. The Labute approximate surface area is 102 Å². The van der Waals surface area contributed by atoms with Crippen molar-refractivity contribution in [1.82, 2.24) is 9.62 Å². The molecule has 0 aliphatic carbocycles. The molecular weight excluding hydrogens is 244 g/mol. The average Bonchev–Trinajstić information content (AvgIpc) is 2.07. The SMILES string of the molecule is CC(C)CC(NS(C)(=O)=O)C(=O)N1CC(O)C1. The monoisotopic (exact) mass is 264 g/mol. The van der Waals surface area contributed by atoms with Gasteiger partial charge in [-0.25, -0.2) is 13.1 Å². The molecule has 100 valence electrons. The van der Waals surface area contributed by atoms with Crippen molar-refractivity contribution in [2.45, 2.75) is 32.4 Å². The van der Waals surface area contributed by atoms with E-state index in [4.69, 9.17) is 5.11 Å². The molecule has 1 unspecified atom stereocenters. The van der Waals surface area contributed by atoms with Gasteiger partial charge in [-0.2, -0.15) is 0 Å². The molecule has 1 rings (SSSR count). The molecule has 1 heterocycles. The lowest BCUT2D eigenvalue weighted by Crippen LogP contribution is -2.59. The summed E-state index contributed by atoms with van der Waals surface area (Å²) in [7, 11) is -3.41. The lowest BCUT2D eigenvalue weighted by atomic mass is 10.0. The molecule has 0 aromatic carbocycles. The molecule has 17 heavy (non-hydrogen) atoms. The van der Waals surface area contributed by atoms with Gasteiger partial charge in [-0.1, -0.05) is 13.8 Å². The van der Waals surface area contributed by atoms with E-state index in [0.717, 1.165) is 6.26 Å². The Hall–Kier alpha value is -0.660. The highest BCUT2D eigenvalue weighted by molar-refractivity contribution is 7.88. The van der Waals surface area contributed by atoms with Gasteiger partial charge >= 0.3 is 0 Å². The first kappa shape index (κ1) is 14.4. The maximum absolute atomic E-state index is 12.0. The third-order valence-electron chi connectivity index (χ3n) is 2.54. The molecule has 6 nitrogen and oxygen atoms in total. The zero-order valence-electron chi connectivity index (χ0n) is 10.4. The minimum Gasteiger partial charge on any atom is -0.389 e. The van der Waals surface area contributed by atoms with Crippen LogP contribution in [0.4, 0.5) is 0 Å². The predicted molar refractivity (Wildman–Crippen MR) is 63.8 cm³/mol. The number of carbonyl (C=O) groups is 1. The van der Waals surface area contributed by atoms with Crippen LogP contribution in [0, 0.1) is 5.92 Å². The van der Waals surface area contributed by atoms with Gasteiger partial charge < -0.3 is 10.0 Å².